The van der Waals surface area contributed by atoms with E-state index in [1.165, 1.54) is 0 Å². The minimum absolute atomic E-state index is 0.00470. The number of carbonyl (C=O) groups is 1. The summed E-state index contributed by atoms with van der Waals surface area (Å²) in [5.74, 6) is -1.69. The predicted octanol–water partition coefficient (Wildman–Crippen LogP) is 0.456. The molecule has 0 aliphatic heterocycles. The molecule has 86 valence electrons. The molecule has 0 heterocycles. The van der Waals surface area contributed by atoms with Gasteiger partial charge in [-0.1, -0.05) is 0 Å². The van der Waals surface area contributed by atoms with Crippen LogP contribution in [0.3, 0.4) is 0 Å². The van der Waals surface area contributed by atoms with Gasteiger partial charge in [0.25, 0.3) is 11.6 Å². The molecule has 0 spiro atoms. The zero-order chi connectivity index (χ0) is 12.1. The van der Waals surface area contributed by atoms with Gasteiger partial charge in [-0.05, 0) is 6.07 Å². The molecule has 0 fully saturated rings. The fourth-order valence-corrected chi connectivity index (χ4v) is 1.07. The lowest BCUT2D eigenvalue weighted by Crippen LogP contribution is -2.27. The summed E-state index contributed by atoms with van der Waals surface area (Å²) < 4.78 is 13.3. The van der Waals surface area contributed by atoms with Crippen molar-refractivity contribution in [2.24, 2.45) is 0 Å². The highest BCUT2D eigenvalue weighted by molar-refractivity contribution is 5.94. The highest BCUT2D eigenvalue weighted by Crippen LogP contribution is 2.16. The van der Waals surface area contributed by atoms with Crippen molar-refractivity contribution in [1.29, 1.82) is 0 Å². The van der Waals surface area contributed by atoms with Gasteiger partial charge in [0.1, 0.15) is 5.82 Å². The minimum Gasteiger partial charge on any atom is -0.395 e. The second-order valence-corrected chi connectivity index (χ2v) is 2.90. The Labute approximate surface area is 89.9 Å². The largest absolute Gasteiger partial charge is 0.395 e. The third-order valence-electron chi connectivity index (χ3n) is 1.81. The topological polar surface area (TPSA) is 92.5 Å². The summed E-state index contributed by atoms with van der Waals surface area (Å²) in [4.78, 5) is 20.8. The van der Waals surface area contributed by atoms with Gasteiger partial charge in [-0.15, -0.1) is 0 Å². The SMILES string of the molecule is O=C(NCCO)c1ccc([N+](=O)[O-])cc1F. The lowest BCUT2D eigenvalue weighted by Gasteiger charge is -2.03. The number of nitro groups is 1. The quantitative estimate of drug-likeness (QED) is 0.578. The Morgan fingerprint density at radius 3 is 2.75 bits per heavy atom. The number of nitrogens with one attached hydrogen (secondary N) is 1. The van der Waals surface area contributed by atoms with Gasteiger partial charge < -0.3 is 10.4 Å². The van der Waals surface area contributed by atoms with E-state index in [-0.39, 0.29) is 18.7 Å². The van der Waals surface area contributed by atoms with Gasteiger partial charge in [0.05, 0.1) is 23.2 Å². The highest BCUT2D eigenvalue weighted by atomic mass is 19.1. The van der Waals surface area contributed by atoms with Crippen molar-refractivity contribution in [3.8, 4) is 0 Å². The van der Waals surface area contributed by atoms with Gasteiger partial charge in [-0.2, -0.15) is 0 Å². The highest BCUT2D eigenvalue weighted by Gasteiger charge is 2.15. The van der Waals surface area contributed by atoms with E-state index in [2.05, 4.69) is 5.32 Å². The summed E-state index contributed by atoms with van der Waals surface area (Å²) in [6.07, 6.45) is 0. The van der Waals surface area contributed by atoms with E-state index in [9.17, 15) is 19.3 Å². The van der Waals surface area contributed by atoms with E-state index >= 15 is 0 Å². The smallest absolute Gasteiger partial charge is 0.272 e. The lowest BCUT2D eigenvalue weighted by atomic mass is 10.2. The van der Waals surface area contributed by atoms with Gasteiger partial charge in [0, 0.05) is 12.6 Å². The van der Waals surface area contributed by atoms with E-state index in [0.717, 1.165) is 12.1 Å². The monoisotopic (exact) mass is 228 g/mol. The van der Waals surface area contributed by atoms with E-state index in [4.69, 9.17) is 5.11 Å². The maximum absolute atomic E-state index is 13.3. The molecule has 0 aliphatic rings. The molecule has 7 heteroatoms. The first-order chi connectivity index (χ1) is 7.56. The number of non-ortho nitro benzene ring substituents is 1. The first-order valence-electron chi connectivity index (χ1n) is 4.39. The summed E-state index contributed by atoms with van der Waals surface area (Å²) in [5, 5.41) is 21.0. The van der Waals surface area contributed by atoms with Crippen molar-refractivity contribution in [2.45, 2.75) is 0 Å². The fraction of sp³-hybridized carbons (Fsp3) is 0.222. The van der Waals surface area contributed by atoms with Gasteiger partial charge in [0.15, 0.2) is 0 Å². The Morgan fingerprint density at radius 1 is 1.56 bits per heavy atom. The van der Waals surface area contributed by atoms with Crippen molar-refractivity contribution < 1.29 is 19.2 Å². The fourth-order valence-electron chi connectivity index (χ4n) is 1.07. The van der Waals surface area contributed by atoms with Crippen molar-refractivity contribution in [3.63, 3.8) is 0 Å². The molecule has 0 saturated carbocycles. The summed E-state index contributed by atoms with van der Waals surface area (Å²) in [7, 11) is 0. The minimum atomic E-state index is -0.968. The molecule has 0 radical (unpaired) electrons. The number of aliphatic hydroxyl groups is 1. The zero-order valence-corrected chi connectivity index (χ0v) is 8.14. The number of nitrogens with zero attached hydrogens (tertiary/aromatic N) is 1. The summed E-state index contributed by atoms with van der Waals surface area (Å²) in [5.41, 5.74) is -0.713. The third kappa shape index (κ3) is 2.74. The molecule has 0 aromatic heterocycles. The molecular weight excluding hydrogens is 219 g/mol. The molecule has 0 saturated heterocycles. The Kier molecular flexibility index (Phi) is 3.90. The molecule has 1 rings (SSSR count). The van der Waals surface area contributed by atoms with Crippen LogP contribution < -0.4 is 5.32 Å². The maximum Gasteiger partial charge on any atom is 0.272 e. The van der Waals surface area contributed by atoms with Crippen molar-refractivity contribution in [2.75, 3.05) is 13.2 Å². The number of aliphatic hydroxyl groups excluding tert-OH is 1. The molecule has 1 aromatic rings. The lowest BCUT2D eigenvalue weighted by molar-refractivity contribution is -0.385. The predicted molar refractivity (Wildman–Crippen MR) is 52.5 cm³/mol. The van der Waals surface area contributed by atoms with Crippen LogP contribution in [0.2, 0.25) is 0 Å². The molecule has 0 unspecified atom stereocenters. The third-order valence-corrected chi connectivity index (χ3v) is 1.81. The first-order valence-corrected chi connectivity index (χ1v) is 4.39. The summed E-state index contributed by atoms with van der Waals surface area (Å²) in [6.45, 7) is -0.268. The van der Waals surface area contributed by atoms with Crippen LogP contribution in [0.25, 0.3) is 0 Å². The van der Waals surface area contributed by atoms with Crippen molar-refractivity contribution in [1.82, 2.24) is 5.32 Å². The molecule has 16 heavy (non-hydrogen) atoms. The normalized spacial score (nSPS) is 9.88. The van der Waals surface area contributed by atoms with E-state index < -0.39 is 22.3 Å². The molecular formula is C9H9FN2O4. The number of nitro benzene ring substituents is 1. The second kappa shape index (κ2) is 5.17. The van der Waals surface area contributed by atoms with E-state index in [1.54, 1.807) is 0 Å². The van der Waals surface area contributed by atoms with Crippen LogP contribution in [0.1, 0.15) is 10.4 Å². The average Bonchev–Trinajstić information content (AvgIpc) is 2.25. The van der Waals surface area contributed by atoms with E-state index in [1.807, 2.05) is 0 Å². The molecule has 6 nitrogen and oxygen atoms in total. The van der Waals surface area contributed by atoms with Crippen LogP contribution in [0.5, 0.6) is 0 Å². The molecule has 1 aromatic carbocycles. The molecule has 0 atom stereocenters. The Morgan fingerprint density at radius 2 is 2.25 bits per heavy atom. The van der Waals surface area contributed by atoms with Crippen LogP contribution in [0, 0.1) is 15.9 Å². The number of hydrogen-bond acceptors (Lipinski definition) is 4. The zero-order valence-electron chi connectivity index (χ0n) is 8.14. The van der Waals surface area contributed by atoms with Crippen molar-refractivity contribution >= 4 is 11.6 Å². The van der Waals surface area contributed by atoms with Crippen LogP contribution in [-0.4, -0.2) is 29.1 Å². The van der Waals surface area contributed by atoms with Gasteiger partial charge in [-0.25, -0.2) is 4.39 Å². The summed E-state index contributed by atoms with van der Waals surface area (Å²) >= 11 is 0. The number of hydrogen-bond donors (Lipinski definition) is 2. The standard InChI is InChI=1S/C9H9FN2O4/c10-8-5-6(12(15)16)1-2-7(8)9(14)11-3-4-13/h1-2,5,13H,3-4H2,(H,11,14). The number of halogens is 1. The summed E-state index contributed by atoms with van der Waals surface area (Å²) in [6, 6.07) is 2.74. The molecule has 2 N–H and O–H groups in total. The average molecular weight is 228 g/mol. The van der Waals surface area contributed by atoms with Gasteiger partial charge >= 0.3 is 0 Å². The number of carbonyl (C=O) groups excluding carboxylic acids is 1. The molecule has 0 aliphatic carbocycles. The van der Waals surface area contributed by atoms with Crippen molar-refractivity contribution in [3.05, 3.63) is 39.7 Å². The number of benzene rings is 1. The first kappa shape index (κ1) is 12.1. The van der Waals surface area contributed by atoms with E-state index in [0.29, 0.717) is 6.07 Å². The Hall–Kier alpha value is -2.02. The van der Waals surface area contributed by atoms with Crippen LogP contribution in [0.15, 0.2) is 18.2 Å². The number of rotatable bonds is 4. The van der Waals surface area contributed by atoms with Crippen LogP contribution >= 0.6 is 0 Å². The van der Waals surface area contributed by atoms with Gasteiger partial charge in [0.2, 0.25) is 0 Å². The van der Waals surface area contributed by atoms with Gasteiger partial charge in [-0.3, -0.25) is 14.9 Å². The van der Waals surface area contributed by atoms with Crippen LogP contribution in [0.4, 0.5) is 10.1 Å². The maximum atomic E-state index is 13.3. The molecule has 1 amide bonds. The Balaban J connectivity index is 2.90. The molecule has 0 bridgehead atoms. The number of amides is 1. The second-order valence-electron chi connectivity index (χ2n) is 2.90. The van der Waals surface area contributed by atoms with Crippen LogP contribution in [-0.2, 0) is 0 Å². The Bertz CT molecular complexity index is 422.